The molecule has 0 saturated carbocycles. The van der Waals surface area contributed by atoms with E-state index in [2.05, 4.69) is 16.7 Å². The summed E-state index contributed by atoms with van der Waals surface area (Å²) in [6.07, 6.45) is 1.29. The van der Waals surface area contributed by atoms with Crippen molar-refractivity contribution in [2.24, 2.45) is 5.73 Å². The van der Waals surface area contributed by atoms with Crippen LogP contribution in [0.2, 0.25) is 0 Å². The molecule has 0 aromatic carbocycles. The second-order valence-corrected chi connectivity index (χ2v) is 6.85. The molecule has 0 spiro atoms. The minimum atomic E-state index is -2.83. The van der Waals surface area contributed by atoms with Crippen molar-refractivity contribution in [3.8, 4) is 0 Å². The van der Waals surface area contributed by atoms with Gasteiger partial charge in [0.2, 0.25) is 0 Å². The Morgan fingerprint density at radius 1 is 1.25 bits per heavy atom. The van der Waals surface area contributed by atoms with Gasteiger partial charge in [-0.25, -0.2) is 8.42 Å². The van der Waals surface area contributed by atoms with E-state index in [4.69, 9.17) is 5.73 Å². The van der Waals surface area contributed by atoms with Gasteiger partial charge in [0, 0.05) is 51.6 Å². The van der Waals surface area contributed by atoms with Gasteiger partial charge in [-0.1, -0.05) is 0 Å². The van der Waals surface area contributed by atoms with Crippen LogP contribution in [0.5, 0.6) is 0 Å². The zero-order valence-electron chi connectivity index (χ0n) is 10.2. The van der Waals surface area contributed by atoms with Crippen LogP contribution in [0.4, 0.5) is 0 Å². The summed E-state index contributed by atoms with van der Waals surface area (Å²) in [5.74, 6) is 0.263. The smallest absolute Gasteiger partial charge is 0.148 e. The van der Waals surface area contributed by atoms with Gasteiger partial charge in [0.15, 0.2) is 0 Å². The molecule has 1 unspecified atom stereocenters. The Hall–Kier alpha value is -0.170. The summed E-state index contributed by atoms with van der Waals surface area (Å²) in [4.78, 5) is 4.57. The lowest BCUT2D eigenvalue weighted by atomic mass is 10.2. The van der Waals surface area contributed by atoms with Crippen molar-refractivity contribution in [1.82, 2.24) is 9.80 Å². The first-order valence-corrected chi connectivity index (χ1v) is 7.82. The summed E-state index contributed by atoms with van der Waals surface area (Å²) in [6.45, 7) is 7.34. The van der Waals surface area contributed by atoms with Crippen LogP contribution in [0.1, 0.15) is 6.92 Å². The molecule has 0 aliphatic carbocycles. The Labute approximate surface area is 98.5 Å². The highest BCUT2D eigenvalue weighted by molar-refractivity contribution is 7.90. The molecule has 0 aromatic heterocycles. The predicted molar refractivity (Wildman–Crippen MR) is 66.2 cm³/mol. The lowest BCUT2D eigenvalue weighted by molar-refractivity contribution is 0.109. The molecule has 0 amide bonds. The molecular formula is C10H23N3O2S. The first-order chi connectivity index (χ1) is 7.42. The van der Waals surface area contributed by atoms with Crippen molar-refractivity contribution >= 4 is 9.84 Å². The number of sulfone groups is 1. The van der Waals surface area contributed by atoms with Crippen LogP contribution in [-0.4, -0.2) is 75.5 Å². The van der Waals surface area contributed by atoms with E-state index in [0.717, 1.165) is 26.2 Å². The topological polar surface area (TPSA) is 66.6 Å². The fourth-order valence-corrected chi connectivity index (χ4v) is 2.46. The SMILES string of the molecule is CC(CN)N1CCN(CCS(C)(=O)=O)CC1. The minimum Gasteiger partial charge on any atom is -0.329 e. The van der Waals surface area contributed by atoms with E-state index in [0.29, 0.717) is 19.1 Å². The summed E-state index contributed by atoms with van der Waals surface area (Å²) in [6, 6.07) is 0.428. The number of rotatable bonds is 5. The van der Waals surface area contributed by atoms with Crippen molar-refractivity contribution in [2.75, 3.05) is 51.3 Å². The molecule has 0 bridgehead atoms. The predicted octanol–water partition coefficient (Wildman–Crippen LogP) is -1.00. The fourth-order valence-electron chi connectivity index (χ4n) is 1.87. The van der Waals surface area contributed by atoms with Crippen LogP contribution in [0, 0.1) is 0 Å². The van der Waals surface area contributed by atoms with Crippen LogP contribution >= 0.6 is 0 Å². The molecule has 96 valence electrons. The van der Waals surface area contributed by atoms with Crippen LogP contribution < -0.4 is 5.73 Å². The lowest BCUT2D eigenvalue weighted by Crippen LogP contribution is -2.52. The number of nitrogens with two attached hydrogens (primary N) is 1. The Morgan fingerprint density at radius 3 is 2.25 bits per heavy atom. The first-order valence-electron chi connectivity index (χ1n) is 5.76. The quantitative estimate of drug-likeness (QED) is 0.677. The van der Waals surface area contributed by atoms with E-state index in [-0.39, 0.29) is 5.75 Å². The molecule has 1 heterocycles. The van der Waals surface area contributed by atoms with Crippen molar-refractivity contribution in [3.63, 3.8) is 0 Å². The minimum absolute atomic E-state index is 0.263. The van der Waals surface area contributed by atoms with E-state index in [1.807, 2.05) is 0 Å². The molecular weight excluding hydrogens is 226 g/mol. The summed E-state index contributed by atoms with van der Waals surface area (Å²) < 4.78 is 22.1. The zero-order chi connectivity index (χ0) is 12.2. The largest absolute Gasteiger partial charge is 0.329 e. The van der Waals surface area contributed by atoms with Gasteiger partial charge >= 0.3 is 0 Å². The van der Waals surface area contributed by atoms with Gasteiger partial charge < -0.3 is 5.73 Å². The summed E-state index contributed by atoms with van der Waals surface area (Å²) in [5.41, 5.74) is 5.62. The third-order valence-corrected chi connectivity index (χ3v) is 4.07. The molecule has 1 atom stereocenters. The monoisotopic (exact) mass is 249 g/mol. The second kappa shape index (κ2) is 5.95. The number of nitrogens with zero attached hydrogens (tertiary/aromatic N) is 2. The van der Waals surface area contributed by atoms with Gasteiger partial charge in [-0.05, 0) is 6.92 Å². The number of piperazine rings is 1. The maximum absolute atomic E-state index is 11.0. The molecule has 5 nitrogen and oxygen atoms in total. The van der Waals surface area contributed by atoms with E-state index in [1.54, 1.807) is 0 Å². The maximum atomic E-state index is 11.0. The Bertz CT molecular complexity index is 297. The molecule has 1 rings (SSSR count). The van der Waals surface area contributed by atoms with Crippen molar-refractivity contribution in [2.45, 2.75) is 13.0 Å². The summed E-state index contributed by atoms with van der Waals surface area (Å²) in [5, 5.41) is 0. The van der Waals surface area contributed by atoms with Gasteiger partial charge in [0.25, 0.3) is 0 Å². The van der Waals surface area contributed by atoms with Gasteiger partial charge in [-0.2, -0.15) is 0 Å². The van der Waals surface area contributed by atoms with E-state index >= 15 is 0 Å². The summed E-state index contributed by atoms with van der Waals surface area (Å²) in [7, 11) is -2.83. The molecule has 6 heteroatoms. The third kappa shape index (κ3) is 4.78. The van der Waals surface area contributed by atoms with Crippen LogP contribution in [0.25, 0.3) is 0 Å². The fraction of sp³-hybridized carbons (Fsp3) is 1.00. The average molecular weight is 249 g/mol. The zero-order valence-corrected chi connectivity index (χ0v) is 11.0. The van der Waals surface area contributed by atoms with Gasteiger partial charge in [-0.15, -0.1) is 0 Å². The Morgan fingerprint density at radius 2 is 1.81 bits per heavy atom. The molecule has 1 fully saturated rings. The van der Waals surface area contributed by atoms with Crippen LogP contribution in [0.15, 0.2) is 0 Å². The molecule has 0 aromatic rings. The lowest BCUT2D eigenvalue weighted by Gasteiger charge is -2.37. The highest BCUT2D eigenvalue weighted by atomic mass is 32.2. The van der Waals surface area contributed by atoms with Crippen molar-refractivity contribution in [3.05, 3.63) is 0 Å². The highest BCUT2D eigenvalue weighted by Crippen LogP contribution is 2.05. The van der Waals surface area contributed by atoms with Gasteiger partial charge in [0.1, 0.15) is 9.84 Å². The van der Waals surface area contributed by atoms with Crippen molar-refractivity contribution in [1.29, 1.82) is 0 Å². The molecule has 1 aliphatic rings. The van der Waals surface area contributed by atoms with Crippen LogP contribution in [0.3, 0.4) is 0 Å². The maximum Gasteiger partial charge on any atom is 0.148 e. The highest BCUT2D eigenvalue weighted by Gasteiger charge is 2.20. The molecule has 16 heavy (non-hydrogen) atoms. The standard InChI is InChI=1S/C10H23N3O2S/c1-10(9-11)13-5-3-12(4-6-13)7-8-16(2,14)15/h10H,3-9,11H2,1-2H3. The molecule has 2 N–H and O–H groups in total. The van der Waals surface area contributed by atoms with Gasteiger partial charge in [0.05, 0.1) is 5.75 Å². The van der Waals surface area contributed by atoms with Gasteiger partial charge in [-0.3, -0.25) is 9.80 Å². The molecule has 1 saturated heterocycles. The van der Waals surface area contributed by atoms with Crippen molar-refractivity contribution < 1.29 is 8.42 Å². The molecule has 0 radical (unpaired) electrons. The number of hydrogen-bond donors (Lipinski definition) is 1. The van der Waals surface area contributed by atoms with E-state index < -0.39 is 9.84 Å². The first kappa shape index (κ1) is 13.9. The second-order valence-electron chi connectivity index (χ2n) is 4.59. The normalized spacial score (nSPS) is 22.2. The van der Waals surface area contributed by atoms with E-state index in [1.165, 1.54) is 6.26 Å². The Balaban J connectivity index is 2.27. The van der Waals surface area contributed by atoms with Crippen LogP contribution in [-0.2, 0) is 9.84 Å². The van der Waals surface area contributed by atoms with E-state index in [9.17, 15) is 8.42 Å². The number of hydrogen-bond acceptors (Lipinski definition) is 5. The molecule has 1 aliphatic heterocycles. The summed E-state index contributed by atoms with van der Waals surface area (Å²) >= 11 is 0. The third-order valence-electron chi connectivity index (χ3n) is 3.15. The average Bonchev–Trinajstić information content (AvgIpc) is 2.25. The Kier molecular flexibility index (Phi) is 5.17.